The molecule has 0 aromatic heterocycles. The van der Waals surface area contributed by atoms with Crippen LogP contribution in [0.25, 0.3) is 0 Å². The second-order valence-corrected chi connectivity index (χ2v) is 31.5. The topological polar surface area (TPSA) is 542 Å². The molecule has 138 heavy (non-hydrogen) atoms. The summed E-state index contributed by atoms with van der Waals surface area (Å²) in [7, 11) is 0. The van der Waals surface area contributed by atoms with Crippen molar-refractivity contribution in [1.82, 2.24) is 0 Å². The molecule has 5 heterocycles. The van der Waals surface area contributed by atoms with Gasteiger partial charge in [0.2, 0.25) is 23.3 Å². The van der Waals surface area contributed by atoms with Gasteiger partial charge >= 0.3 is 109 Å². The first-order valence-corrected chi connectivity index (χ1v) is 43.3. The molecule has 5 fully saturated rings. The van der Waals surface area contributed by atoms with Gasteiger partial charge < -0.3 is 117 Å². The zero-order chi connectivity index (χ0) is 99.9. The van der Waals surface area contributed by atoms with Crippen LogP contribution in [0.4, 0.5) is 0 Å². The zero-order valence-corrected chi connectivity index (χ0v) is 76.5. The number of hydrogen-bond acceptors (Lipinski definition) is 37. The first-order chi connectivity index (χ1) is 66.1. The molecule has 5 aliphatic heterocycles. The van der Waals surface area contributed by atoms with Crippen LogP contribution in [-0.2, 0) is 82.1 Å². The Morgan fingerprint density at radius 3 is 0.920 bits per heavy atom. The fourth-order valence-electron chi connectivity index (χ4n) is 13.9. The van der Waals surface area contributed by atoms with Gasteiger partial charge in [0.05, 0.1) is 75.5 Å². The molecule has 9 N–H and O–H groups in total. The fraction of sp³-hybridized carbons (Fsp3) is 0.280. The maximum absolute atomic E-state index is 13.3. The van der Waals surface area contributed by atoms with E-state index in [0.29, 0.717) is 16.7 Å². The summed E-state index contributed by atoms with van der Waals surface area (Å²) in [6.07, 6.45) is -17.5. The molecule has 15 rings (SSSR count). The third-order valence-electron chi connectivity index (χ3n) is 21.7. The summed E-state index contributed by atoms with van der Waals surface area (Å²) in [5, 5.41) is 82.6. The number of aliphatic hydroxyl groups excluding tert-OH is 7. The third-order valence-corrected chi connectivity index (χ3v) is 21.7. The average Bonchev–Trinajstić information content (AvgIpc) is 1.61. The van der Waals surface area contributed by atoms with E-state index in [0.717, 1.165) is 6.92 Å². The van der Waals surface area contributed by atoms with Gasteiger partial charge in [0, 0.05) is 0 Å². The quantitative estimate of drug-likeness (QED) is 0.0166. The van der Waals surface area contributed by atoms with Gasteiger partial charge in [0.1, 0.15) is 56.4 Å². The predicted molar refractivity (Wildman–Crippen MR) is 475 cm³/mol. The number of rotatable bonds is 25. The maximum atomic E-state index is 13.3. The summed E-state index contributed by atoms with van der Waals surface area (Å²) in [5.74, 6) is -11.2. The molecular weight excluding hydrogens is 1830 g/mol. The Kier molecular flexibility index (Phi) is 38.5. The molecule has 0 amide bonds. The van der Waals surface area contributed by atoms with Gasteiger partial charge in [0.15, 0.2) is 48.0 Å². The van der Waals surface area contributed by atoms with Crippen molar-refractivity contribution < 1.29 is 176 Å². The van der Waals surface area contributed by atoms with Crippen LogP contribution in [0.5, 0.6) is 0 Å². The van der Waals surface area contributed by atoms with Crippen molar-refractivity contribution >= 4 is 108 Å². The van der Waals surface area contributed by atoms with Crippen molar-refractivity contribution in [2.75, 3.05) is 39.6 Å². The minimum absolute atomic E-state index is 0.125. The molecule has 10 aromatic rings. The van der Waals surface area contributed by atoms with E-state index < -0.39 is 206 Å². The SMILES string of the molecule is C[C@]1(O)C(=O)O[C@H](CO)[C@H]1O.C[C@]1(OC(=O)c2ccccc2)C(=O)O[C@H](COC(=O)c2ccccc2)[C@H]1OC(=O)c1ccccc1.C[C@]1(OC(=O)c2ccccc2)C(O)O[C@H](COC(=O)c2ccccc2)[C@H]1OC(=O)c1ccccc1.C[C@]1(OC(=O)c2ccccc2)C(OC(=O)c2ccccc2)O[C@H](COC(=O)c2ccccc2)[C@H]1OC(=O)c1ccccc1.OCC1(O)OC[C@@H](O)[C@@H](O)[C@@H]1O.[O]=[Ca]. The van der Waals surface area contributed by atoms with E-state index in [1.807, 2.05) is 0 Å². The molecule has 5 aliphatic rings. The normalized spacial score (nSPS) is 25.6. The zero-order valence-electron chi connectivity index (χ0n) is 74.3. The number of ether oxygens (including phenoxy) is 15. The van der Waals surface area contributed by atoms with Crippen LogP contribution >= 0.6 is 0 Å². The summed E-state index contributed by atoms with van der Waals surface area (Å²) in [6.45, 7) is 2.49. The predicted octanol–water partition coefficient (Wildman–Crippen LogP) is 6.58. The third kappa shape index (κ3) is 27.2. The van der Waals surface area contributed by atoms with Crippen LogP contribution < -0.4 is 0 Å². The number of aliphatic hydroxyl groups is 9. The second kappa shape index (κ2) is 50.0. The molecule has 720 valence electrons. The van der Waals surface area contributed by atoms with Crippen molar-refractivity contribution in [3.05, 3.63) is 359 Å². The molecule has 38 heteroatoms. The van der Waals surface area contributed by atoms with E-state index in [4.69, 9.17) is 93.7 Å². The van der Waals surface area contributed by atoms with Crippen LogP contribution in [-0.4, -0.2) is 301 Å². The van der Waals surface area contributed by atoms with E-state index in [2.05, 4.69) is 9.47 Å². The van der Waals surface area contributed by atoms with E-state index in [-0.39, 0.29) is 88.0 Å². The Morgan fingerprint density at radius 1 is 0.333 bits per heavy atom. The van der Waals surface area contributed by atoms with Crippen LogP contribution in [0.2, 0.25) is 0 Å². The Labute approximate surface area is 812 Å². The number of esters is 12. The fourth-order valence-corrected chi connectivity index (χ4v) is 13.9. The summed E-state index contributed by atoms with van der Waals surface area (Å²) < 4.78 is 90.6. The number of cyclic esters (lactones) is 2. The first kappa shape index (κ1) is 106. The minimum atomic E-state index is -2.17. The van der Waals surface area contributed by atoms with E-state index in [1.54, 1.807) is 279 Å². The molecule has 5 saturated heterocycles. The van der Waals surface area contributed by atoms with Crippen molar-refractivity contribution in [2.24, 2.45) is 0 Å². The Morgan fingerprint density at radius 2 is 0.609 bits per heavy atom. The summed E-state index contributed by atoms with van der Waals surface area (Å²) in [4.78, 5) is 152. The molecule has 10 aromatic carbocycles. The van der Waals surface area contributed by atoms with Gasteiger partial charge in [-0.05, 0) is 149 Å². The summed E-state index contributed by atoms with van der Waals surface area (Å²) >= 11 is 0.125. The molecular formula is C100H96CaO37. The molecule has 0 radical (unpaired) electrons. The molecule has 37 nitrogen and oxygen atoms in total. The molecule has 0 saturated carbocycles. The van der Waals surface area contributed by atoms with E-state index in [1.165, 1.54) is 45.0 Å². The second-order valence-electron chi connectivity index (χ2n) is 31.5. The van der Waals surface area contributed by atoms with E-state index >= 15 is 0 Å². The molecule has 0 aliphatic carbocycles. The molecule has 18 atom stereocenters. The van der Waals surface area contributed by atoms with Gasteiger partial charge in [-0.25, -0.2) is 57.5 Å². The number of benzene rings is 10. The molecule has 3 unspecified atom stereocenters. The monoisotopic (exact) mass is 1930 g/mol. The van der Waals surface area contributed by atoms with E-state index in [9.17, 15) is 72.9 Å². The summed E-state index contributed by atoms with van der Waals surface area (Å²) in [6, 6.07) is 82.0. The van der Waals surface area contributed by atoms with Gasteiger partial charge in [-0.2, -0.15) is 0 Å². The number of hydrogen-bond donors (Lipinski definition) is 9. The number of carbonyl (C=O) groups excluding carboxylic acids is 12. The van der Waals surface area contributed by atoms with Crippen LogP contribution in [0.3, 0.4) is 0 Å². The van der Waals surface area contributed by atoms with Crippen LogP contribution in [0.1, 0.15) is 131 Å². The Balaban J connectivity index is 0.000000190. The average molecular weight is 1930 g/mol. The standard InChI is InChI=1S/C34H28O9.C27H24O8.C27H22O8.C6H12O6.C6H10O5.Ca.O/c1-34(43-32(38)26-20-12-5-13-21-26)28(41-30(36)24-16-8-3-9-17-24)27(22-39-29(35)23-14-6-2-7-15-23)40-33(34)42-31(37)25-18-10-4-11-19-25;2*1-27(35-25(30)20-15-9-4-10-16-20)22(34-24(29)19-13-7-3-8-14-19)21(33-26(27)31)17-32-23(28)18-11-5-2-6-12-18;7-2-6(11)5(10)4(9)3(8)1-12-6;1-6(10)4(8)3(2-7)11-5(6)9;;/h2-21,27-28,33H,22H2,1H3;2-16,21-22,26,31H,17H2,1H3;2-16,21-22H,17H2,1H3;3-5,7-11H,1-2H2;3-4,7-8,10H,2H2,1H3;;/t27-,28-,33?,34-;21-,22-,26?,27-;21-,22-,27-;3-,4-,5+,6?;3-,4-,6-;;/m11111../s1. The van der Waals surface area contributed by atoms with Gasteiger partial charge in [0.25, 0.3) is 0 Å². The Hall–Kier alpha value is -13.6. The molecule has 0 bridgehead atoms. The number of carbonyl (C=O) groups is 12. The van der Waals surface area contributed by atoms with Crippen molar-refractivity contribution in [1.29, 1.82) is 0 Å². The van der Waals surface area contributed by atoms with Crippen molar-refractivity contribution in [3.8, 4) is 0 Å². The molecule has 0 spiro atoms. The van der Waals surface area contributed by atoms with Crippen LogP contribution in [0.15, 0.2) is 303 Å². The van der Waals surface area contributed by atoms with Crippen LogP contribution in [0, 0.1) is 0 Å². The first-order valence-electron chi connectivity index (χ1n) is 42.4. The van der Waals surface area contributed by atoms with Crippen molar-refractivity contribution in [2.45, 2.75) is 136 Å². The van der Waals surface area contributed by atoms with Gasteiger partial charge in [-0.15, -0.1) is 0 Å². The van der Waals surface area contributed by atoms with Gasteiger partial charge in [-0.1, -0.05) is 182 Å². The summed E-state index contributed by atoms with van der Waals surface area (Å²) in [5.41, 5.74) is -4.98. The Bertz CT molecular complexity index is 5710. The van der Waals surface area contributed by atoms with Gasteiger partial charge in [-0.3, -0.25) is 0 Å². The van der Waals surface area contributed by atoms with Crippen molar-refractivity contribution in [3.63, 3.8) is 0 Å².